The number of carbonyl (C=O) groups is 1. The zero-order chi connectivity index (χ0) is 27.5. The summed E-state index contributed by atoms with van der Waals surface area (Å²) in [5.41, 5.74) is 3.38. The summed E-state index contributed by atoms with van der Waals surface area (Å²) in [6.45, 7) is 6.91. The minimum absolute atomic E-state index is 0.0523. The van der Waals surface area contributed by atoms with Crippen molar-refractivity contribution in [3.05, 3.63) is 138 Å². The van der Waals surface area contributed by atoms with Crippen molar-refractivity contribution in [3.8, 4) is 0 Å². The Morgan fingerprint density at radius 3 is 1.59 bits per heavy atom. The summed E-state index contributed by atoms with van der Waals surface area (Å²) in [5, 5.41) is 1.30. The van der Waals surface area contributed by atoms with E-state index in [1.807, 2.05) is 60.7 Å². The number of rotatable bonds is 13. The van der Waals surface area contributed by atoms with Gasteiger partial charge in [0.1, 0.15) is 6.04 Å². The van der Waals surface area contributed by atoms with Crippen LogP contribution in [0.25, 0.3) is 0 Å². The van der Waals surface area contributed by atoms with Crippen molar-refractivity contribution in [2.24, 2.45) is 0 Å². The molecule has 0 heterocycles. The van der Waals surface area contributed by atoms with Gasteiger partial charge in [0.25, 0.3) is 0 Å². The van der Waals surface area contributed by atoms with E-state index in [2.05, 4.69) is 78.7 Å². The van der Waals surface area contributed by atoms with Gasteiger partial charge in [-0.3, -0.25) is 9.69 Å². The van der Waals surface area contributed by atoms with Gasteiger partial charge in [0.05, 0.1) is 21.8 Å². The van der Waals surface area contributed by atoms with Crippen molar-refractivity contribution < 1.29 is 14.3 Å². The number of carbonyl (C=O) groups excluding carboxylic acids is 1. The maximum Gasteiger partial charge on any atom is 0.323 e. The van der Waals surface area contributed by atoms with Crippen molar-refractivity contribution in [1.29, 1.82) is 0 Å². The third-order valence-electron chi connectivity index (χ3n) is 7.53. The van der Waals surface area contributed by atoms with Crippen molar-refractivity contribution in [1.82, 2.24) is 4.90 Å². The van der Waals surface area contributed by atoms with Gasteiger partial charge in [-0.15, -0.1) is 0 Å². The highest BCUT2D eigenvalue weighted by Gasteiger charge is 2.45. The zero-order valence-corrected chi connectivity index (χ0v) is 24.2. The molecule has 0 fully saturated rings. The molecule has 0 saturated carbocycles. The minimum atomic E-state index is -2.25. The van der Waals surface area contributed by atoms with Crippen LogP contribution in [-0.4, -0.2) is 38.7 Å². The Morgan fingerprint density at radius 1 is 0.692 bits per heavy atom. The number of methoxy groups -OCH3 is 1. The fraction of sp³-hybridized carbons (Fsp3) is 0.265. The molecule has 0 bridgehead atoms. The van der Waals surface area contributed by atoms with Crippen LogP contribution in [0.3, 0.4) is 0 Å². The van der Waals surface area contributed by atoms with E-state index in [1.54, 1.807) is 0 Å². The molecule has 0 radical (unpaired) electrons. The Kier molecular flexibility index (Phi) is 10.3. The molecule has 2 atom stereocenters. The lowest BCUT2D eigenvalue weighted by atomic mass is 10.1. The first-order chi connectivity index (χ1) is 19.0. The molecule has 4 aromatic rings. The normalized spacial score (nSPS) is 13.1. The lowest BCUT2D eigenvalue weighted by molar-refractivity contribution is -0.148. The van der Waals surface area contributed by atoms with Crippen molar-refractivity contribution in [2.45, 2.75) is 44.4 Å². The second kappa shape index (κ2) is 14.0. The lowest BCUT2D eigenvalue weighted by Crippen LogP contribution is -2.58. The summed E-state index contributed by atoms with van der Waals surface area (Å²) in [6, 6.07) is 41.1. The van der Waals surface area contributed by atoms with Gasteiger partial charge in [-0.05, 0) is 16.7 Å². The summed E-state index contributed by atoms with van der Waals surface area (Å²) in [6.07, 6.45) is 0. The van der Waals surface area contributed by atoms with Gasteiger partial charge in [-0.1, -0.05) is 140 Å². The average Bonchev–Trinajstić information content (AvgIpc) is 2.98. The molecule has 0 unspecified atom stereocenters. The third-order valence-corrected chi connectivity index (χ3v) is 11.7. The number of hydrogen-bond donors (Lipinski definition) is 0. The summed E-state index contributed by atoms with van der Waals surface area (Å²) in [7, 11) is -0.756. The Balaban J connectivity index is 1.74. The summed E-state index contributed by atoms with van der Waals surface area (Å²) < 4.78 is 11.9. The van der Waals surface area contributed by atoms with Crippen LogP contribution in [0.2, 0.25) is 18.6 Å². The lowest BCUT2D eigenvalue weighted by Gasteiger charge is -2.42. The smallest absolute Gasteiger partial charge is 0.323 e. The molecular weight excluding hydrogens is 498 g/mol. The molecule has 0 aliphatic carbocycles. The highest BCUT2D eigenvalue weighted by atomic mass is 28.3. The molecule has 0 N–H and O–H groups in total. The molecule has 0 aromatic heterocycles. The van der Waals surface area contributed by atoms with E-state index < -0.39 is 14.1 Å². The summed E-state index contributed by atoms with van der Waals surface area (Å²) in [5.74, 6) is -0.216. The van der Waals surface area contributed by atoms with Crippen LogP contribution in [0.1, 0.15) is 16.7 Å². The van der Waals surface area contributed by atoms with Gasteiger partial charge < -0.3 is 9.47 Å². The second-order valence-electron chi connectivity index (χ2n) is 10.5. The molecule has 4 nitrogen and oxygen atoms in total. The Labute approximate surface area is 234 Å². The molecule has 0 saturated heterocycles. The first-order valence-corrected chi connectivity index (χ1v) is 16.6. The molecule has 0 amide bonds. The van der Waals surface area contributed by atoms with Crippen molar-refractivity contribution in [3.63, 3.8) is 0 Å². The molecule has 202 valence electrons. The van der Waals surface area contributed by atoms with E-state index in [0.717, 1.165) is 16.7 Å². The number of ether oxygens (including phenoxy) is 2. The van der Waals surface area contributed by atoms with Crippen LogP contribution < -0.4 is 5.19 Å². The van der Waals surface area contributed by atoms with Gasteiger partial charge in [0.2, 0.25) is 0 Å². The summed E-state index contributed by atoms with van der Waals surface area (Å²) in [4.78, 5) is 16.1. The fourth-order valence-corrected chi connectivity index (χ4v) is 8.38. The second-order valence-corrected chi connectivity index (χ2v) is 15.3. The van der Waals surface area contributed by atoms with Crippen LogP contribution in [0, 0.1) is 0 Å². The molecule has 0 aliphatic rings. The molecule has 0 spiro atoms. The van der Waals surface area contributed by atoms with E-state index in [-0.39, 0.29) is 11.5 Å². The Bertz CT molecular complexity index is 1230. The Morgan fingerprint density at radius 2 is 1.13 bits per heavy atom. The van der Waals surface area contributed by atoms with Gasteiger partial charge in [-0.2, -0.15) is 0 Å². The van der Waals surface area contributed by atoms with Crippen LogP contribution >= 0.6 is 0 Å². The number of esters is 1. The number of benzene rings is 4. The molecule has 4 aromatic carbocycles. The predicted molar refractivity (Wildman–Crippen MR) is 161 cm³/mol. The number of nitrogens with zero attached hydrogens (tertiary/aromatic N) is 1. The third kappa shape index (κ3) is 7.76. The number of hydrogen-bond acceptors (Lipinski definition) is 4. The summed E-state index contributed by atoms with van der Waals surface area (Å²) >= 11 is 0. The van der Waals surface area contributed by atoms with Crippen LogP contribution in [0.5, 0.6) is 0 Å². The zero-order valence-electron chi connectivity index (χ0n) is 23.2. The highest BCUT2D eigenvalue weighted by Crippen LogP contribution is 2.33. The molecule has 5 heteroatoms. The topological polar surface area (TPSA) is 38.8 Å². The van der Waals surface area contributed by atoms with Gasteiger partial charge in [-0.25, -0.2) is 0 Å². The average molecular weight is 538 g/mol. The molecule has 0 aliphatic heterocycles. The van der Waals surface area contributed by atoms with Gasteiger partial charge in [0, 0.05) is 25.2 Å². The van der Waals surface area contributed by atoms with Gasteiger partial charge in [0.15, 0.2) is 0 Å². The Hall–Kier alpha value is -3.51. The minimum Gasteiger partial charge on any atom is -0.468 e. The predicted octanol–water partition coefficient (Wildman–Crippen LogP) is 6.43. The van der Waals surface area contributed by atoms with Crippen molar-refractivity contribution >= 4 is 19.2 Å². The van der Waals surface area contributed by atoms with Crippen LogP contribution in [-0.2, 0) is 34.0 Å². The maximum absolute atomic E-state index is 13.8. The van der Waals surface area contributed by atoms with Crippen molar-refractivity contribution in [2.75, 3.05) is 13.7 Å². The van der Waals surface area contributed by atoms with E-state index in [0.29, 0.717) is 26.3 Å². The van der Waals surface area contributed by atoms with Crippen LogP contribution in [0.4, 0.5) is 0 Å². The standard InChI is InChI=1S/C34H39NO3Si/c1-37-34(36)33(35(24-28-16-8-4-9-17-28)25-29-18-10-5-11-19-29)32(27-38-26-30-20-12-6-13-21-30)39(2,3)31-22-14-7-15-23-31/h4-23,32-33H,24-27H2,1-3H3/t32-,33-/m0/s1. The van der Waals surface area contributed by atoms with E-state index >= 15 is 0 Å². The van der Waals surface area contributed by atoms with E-state index in [4.69, 9.17) is 9.47 Å². The quantitative estimate of drug-likeness (QED) is 0.145. The largest absolute Gasteiger partial charge is 0.468 e. The van der Waals surface area contributed by atoms with E-state index in [1.165, 1.54) is 12.3 Å². The maximum atomic E-state index is 13.8. The SMILES string of the molecule is COC(=O)[C@H]([C@H](COCc1ccccc1)[Si](C)(C)c1ccccc1)N(Cc1ccccc1)Cc1ccccc1. The van der Waals surface area contributed by atoms with E-state index in [9.17, 15) is 4.79 Å². The fourth-order valence-electron chi connectivity index (χ4n) is 5.23. The highest BCUT2D eigenvalue weighted by molar-refractivity contribution is 6.91. The van der Waals surface area contributed by atoms with Crippen LogP contribution in [0.15, 0.2) is 121 Å². The molecule has 4 rings (SSSR count). The first-order valence-electron chi connectivity index (χ1n) is 13.6. The molecular formula is C34H39NO3Si. The first kappa shape index (κ1) is 28.5. The monoisotopic (exact) mass is 537 g/mol. The van der Waals surface area contributed by atoms with Gasteiger partial charge >= 0.3 is 5.97 Å². The molecule has 39 heavy (non-hydrogen) atoms.